The normalized spacial score (nSPS) is 20.0. The summed E-state index contributed by atoms with van der Waals surface area (Å²) in [6, 6.07) is 7.78. The van der Waals surface area contributed by atoms with E-state index in [4.69, 9.17) is 4.74 Å². The molecular formula is C16H20N2O3S2. The molecule has 0 spiro atoms. The van der Waals surface area contributed by atoms with Gasteiger partial charge in [0.25, 0.3) is 0 Å². The minimum absolute atomic E-state index is 0.0805. The zero-order chi connectivity index (χ0) is 16.6. The van der Waals surface area contributed by atoms with Gasteiger partial charge in [-0.15, -0.1) is 11.3 Å². The standard InChI is InChI=1S/C16H20N2O3S2/c1-16(2,3)21-15(19)18-9-8-11(10-18)23(20)14-17-12-6-4-5-7-13(12)22-14/h4-7,11H,8-10H2,1-3H3/t11-,23?/m1/s1. The maximum Gasteiger partial charge on any atom is 0.410 e. The molecule has 1 aromatic heterocycles. The molecule has 0 aliphatic carbocycles. The molecule has 1 aliphatic rings. The molecule has 1 unspecified atom stereocenters. The number of carbonyl (C=O) groups is 1. The van der Waals surface area contributed by atoms with Gasteiger partial charge in [-0.2, -0.15) is 0 Å². The number of thiazole rings is 1. The lowest BCUT2D eigenvalue weighted by molar-refractivity contribution is 0.0295. The van der Waals surface area contributed by atoms with E-state index >= 15 is 0 Å². The second kappa shape index (κ2) is 6.20. The van der Waals surface area contributed by atoms with Crippen LogP contribution in [0.1, 0.15) is 27.2 Å². The number of hydrogen-bond donors (Lipinski definition) is 0. The molecular weight excluding hydrogens is 332 g/mol. The second-order valence-electron chi connectivity index (χ2n) is 6.58. The highest BCUT2D eigenvalue weighted by atomic mass is 32.2. The molecule has 7 heteroatoms. The Labute approximate surface area is 142 Å². The van der Waals surface area contributed by atoms with Crippen molar-refractivity contribution in [3.05, 3.63) is 24.3 Å². The number of amides is 1. The molecule has 3 rings (SSSR count). The fraction of sp³-hybridized carbons (Fsp3) is 0.500. The number of aromatic nitrogens is 1. The van der Waals surface area contributed by atoms with E-state index in [1.165, 1.54) is 11.3 Å². The molecule has 0 bridgehead atoms. The van der Waals surface area contributed by atoms with Crippen molar-refractivity contribution in [3.8, 4) is 0 Å². The van der Waals surface area contributed by atoms with Crippen LogP contribution in [0.2, 0.25) is 0 Å². The molecule has 1 aromatic carbocycles. The van der Waals surface area contributed by atoms with E-state index in [-0.39, 0.29) is 11.3 Å². The third-order valence-corrected chi connectivity index (χ3v) is 6.55. The molecule has 124 valence electrons. The second-order valence-corrected chi connectivity index (χ2v) is 9.52. The van der Waals surface area contributed by atoms with Crippen molar-refractivity contribution < 1.29 is 13.7 Å². The highest BCUT2D eigenvalue weighted by molar-refractivity contribution is 7.88. The summed E-state index contributed by atoms with van der Waals surface area (Å²) < 4.78 is 19.8. The van der Waals surface area contributed by atoms with Gasteiger partial charge in [0.2, 0.25) is 0 Å². The first kappa shape index (κ1) is 16.4. The number of hydrogen-bond acceptors (Lipinski definition) is 5. The predicted molar refractivity (Wildman–Crippen MR) is 92.2 cm³/mol. The van der Waals surface area contributed by atoms with Crippen molar-refractivity contribution in [2.24, 2.45) is 0 Å². The van der Waals surface area contributed by atoms with Crippen LogP contribution < -0.4 is 0 Å². The average Bonchev–Trinajstić information content (AvgIpc) is 3.11. The molecule has 1 amide bonds. The third kappa shape index (κ3) is 3.72. The number of ether oxygens (including phenoxy) is 1. The Balaban J connectivity index is 1.68. The third-order valence-electron chi connectivity index (χ3n) is 3.55. The maximum atomic E-state index is 12.8. The predicted octanol–water partition coefficient (Wildman–Crippen LogP) is 3.41. The summed E-state index contributed by atoms with van der Waals surface area (Å²) in [4.78, 5) is 18.2. The molecule has 2 heterocycles. The Morgan fingerprint density at radius 1 is 1.39 bits per heavy atom. The topological polar surface area (TPSA) is 59.5 Å². The van der Waals surface area contributed by atoms with Gasteiger partial charge in [-0.25, -0.2) is 9.78 Å². The minimum atomic E-state index is -1.19. The first-order chi connectivity index (χ1) is 10.8. The van der Waals surface area contributed by atoms with Crippen LogP contribution in [0.15, 0.2) is 28.6 Å². The number of para-hydroxylation sites is 1. The summed E-state index contributed by atoms with van der Waals surface area (Å²) in [6.45, 7) is 6.57. The van der Waals surface area contributed by atoms with Crippen LogP contribution >= 0.6 is 11.3 Å². The van der Waals surface area contributed by atoms with Crippen molar-refractivity contribution in [2.75, 3.05) is 13.1 Å². The lowest BCUT2D eigenvalue weighted by Gasteiger charge is -2.24. The van der Waals surface area contributed by atoms with E-state index in [1.807, 2.05) is 45.0 Å². The summed E-state index contributed by atoms with van der Waals surface area (Å²) in [7, 11) is -1.19. The minimum Gasteiger partial charge on any atom is -0.444 e. The molecule has 0 saturated carbocycles. The van der Waals surface area contributed by atoms with Crippen molar-refractivity contribution >= 4 is 38.4 Å². The highest BCUT2D eigenvalue weighted by Gasteiger charge is 2.34. The first-order valence-electron chi connectivity index (χ1n) is 7.57. The number of nitrogens with zero attached hydrogens (tertiary/aromatic N) is 2. The van der Waals surface area contributed by atoms with Gasteiger partial charge >= 0.3 is 6.09 Å². The maximum absolute atomic E-state index is 12.8. The number of carbonyl (C=O) groups excluding carboxylic acids is 1. The molecule has 23 heavy (non-hydrogen) atoms. The van der Waals surface area contributed by atoms with Gasteiger partial charge in [0.15, 0.2) is 4.34 Å². The fourth-order valence-corrected chi connectivity index (χ4v) is 5.29. The van der Waals surface area contributed by atoms with Gasteiger partial charge < -0.3 is 9.64 Å². The Kier molecular flexibility index (Phi) is 4.42. The molecule has 2 atom stereocenters. The molecule has 1 saturated heterocycles. The molecule has 1 fully saturated rings. The Morgan fingerprint density at radius 3 is 2.83 bits per heavy atom. The van der Waals surface area contributed by atoms with Crippen LogP contribution in [0.5, 0.6) is 0 Å². The number of likely N-dealkylation sites (tertiary alicyclic amines) is 1. The van der Waals surface area contributed by atoms with E-state index < -0.39 is 16.4 Å². The fourth-order valence-electron chi connectivity index (χ4n) is 2.47. The number of fused-ring (bicyclic) bond motifs is 1. The van der Waals surface area contributed by atoms with Gasteiger partial charge in [-0.1, -0.05) is 12.1 Å². The van der Waals surface area contributed by atoms with Crippen LogP contribution in [-0.4, -0.2) is 44.1 Å². The quantitative estimate of drug-likeness (QED) is 0.831. The van der Waals surface area contributed by atoms with Crippen LogP contribution in [-0.2, 0) is 15.5 Å². The summed E-state index contributed by atoms with van der Waals surface area (Å²) >= 11 is 1.47. The summed E-state index contributed by atoms with van der Waals surface area (Å²) in [5, 5.41) is -0.0805. The average molecular weight is 352 g/mol. The number of benzene rings is 1. The summed E-state index contributed by atoms with van der Waals surface area (Å²) in [6.07, 6.45) is 0.378. The molecule has 0 N–H and O–H groups in total. The van der Waals surface area contributed by atoms with Crippen LogP contribution in [0, 0.1) is 0 Å². The molecule has 2 aromatic rings. The zero-order valence-electron chi connectivity index (χ0n) is 13.4. The van der Waals surface area contributed by atoms with Crippen molar-refractivity contribution in [1.82, 2.24) is 9.88 Å². The highest BCUT2D eigenvalue weighted by Crippen LogP contribution is 2.28. The summed E-state index contributed by atoms with van der Waals surface area (Å²) in [5.41, 5.74) is 0.365. The van der Waals surface area contributed by atoms with Gasteiger partial charge in [0.05, 0.1) is 26.3 Å². The largest absolute Gasteiger partial charge is 0.444 e. The van der Waals surface area contributed by atoms with Gasteiger partial charge in [0.1, 0.15) is 5.60 Å². The van der Waals surface area contributed by atoms with E-state index in [2.05, 4.69) is 4.98 Å². The van der Waals surface area contributed by atoms with Crippen LogP contribution in [0.25, 0.3) is 10.2 Å². The van der Waals surface area contributed by atoms with Gasteiger partial charge in [-0.3, -0.25) is 4.21 Å². The van der Waals surface area contributed by atoms with Crippen molar-refractivity contribution in [3.63, 3.8) is 0 Å². The van der Waals surface area contributed by atoms with Gasteiger partial charge in [-0.05, 0) is 39.3 Å². The Bertz CT molecular complexity index is 718. The van der Waals surface area contributed by atoms with Crippen LogP contribution in [0.4, 0.5) is 4.79 Å². The lowest BCUT2D eigenvalue weighted by atomic mass is 10.2. The van der Waals surface area contributed by atoms with Crippen molar-refractivity contribution in [1.29, 1.82) is 0 Å². The first-order valence-corrected chi connectivity index (χ1v) is 9.60. The van der Waals surface area contributed by atoms with Crippen LogP contribution in [0.3, 0.4) is 0 Å². The van der Waals surface area contributed by atoms with Crippen molar-refractivity contribution in [2.45, 2.75) is 42.4 Å². The molecule has 1 aliphatic heterocycles. The Morgan fingerprint density at radius 2 is 2.13 bits per heavy atom. The van der Waals surface area contributed by atoms with E-state index in [0.717, 1.165) is 10.2 Å². The summed E-state index contributed by atoms with van der Waals surface area (Å²) in [5.74, 6) is 0. The lowest BCUT2D eigenvalue weighted by Crippen LogP contribution is -2.36. The van der Waals surface area contributed by atoms with Gasteiger partial charge in [0, 0.05) is 13.1 Å². The monoisotopic (exact) mass is 352 g/mol. The Hall–Kier alpha value is -1.47. The molecule has 0 radical (unpaired) electrons. The zero-order valence-corrected chi connectivity index (χ0v) is 15.1. The number of rotatable bonds is 2. The van der Waals surface area contributed by atoms with E-state index in [1.54, 1.807) is 4.90 Å². The molecule has 5 nitrogen and oxygen atoms in total. The van der Waals surface area contributed by atoms with E-state index in [0.29, 0.717) is 23.8 Å². The smallest absolute Gasteiger partial charge is 0.410 e. The SMILES string of the molecule is CC(C)(C)OC(=O)N1CC[C@@H](S(=O)c2nc3ccccc3s2)C1. The van der Waals surface area contributed by atoms with E-state index in [9.17, 15) is 9.00 Å².